The van der Waals surface area contributed by atoms with Crippen molar-refractivity contribution in [1.29, 1.82) is 0 Å². The van der Waals surface area contributed by atoms with Gasteiger partial charge in [-0.25, -0.2) is 0 Å². The van der Waals surface area contributed by atoms with Crippen molar-refractivity contribution in [3.8, 4) is 16.8 Å². The second-order valence-electron chi connectivity index (χ2n) is 10.4. The molecular formula is C38H28N2S. The maximum Gasteiger partial charge on any atom is 0.0598 e. The van der Waals surface area contributed by atoms with Crippen LogP contribution in [-0.4, -0.2) is 11.1 Å². The number of hydrogen-bond donors (Lipinski definition) is 0. The Morgan fingerprint density at radius 3 is 2.05 bits per heavy atom. The van der Waals surface area contributed by atoms with Crippen molar-refractivity contribution in [2.24, 2.45) is 0 Å². The van der Waals surface area contributed by atoms with Crippen molar-refractivity contribution < 1.29 is 0 Å². The molecule has 41 heavy (non-hydrogen) atoms. The maximum absolute atomic E-state index is 2.52. The fourth-order valence-electron chi connectivity index (χ4n) is 6.36. The predicted octanol–water partition coefficient (Wildman–Crippen LogP) is 11.0. The van der Waals surface area contributed by atoms with Gasteiger partial charge >= 0.3 is 0 Å². The number of nitrogens with zero attached hydrogens (tertiary/aromatic N) is 2. The monoisotopic (exact) mass is 544 g/mol. The molecule has 0 saturated heterocycles. The van der Waals surface area contributed by atoms with E-state index >= 15 is 0 Å². The molecule has 2 heterocycles. The van der Waals surface area contributed by atoms with Crippen LogP contribution in [0.4, 0.5) is 11.4 Å². The lowest BCUT2D eigenvalue weighted by atomic mass is 10.0. The lowest BCUT2D eigenvalue weighted by molar-refractivity contribution is 1.04. The first-order valence-corrected chi connectivity index (χ1v) is 15.0. The molecule has 0 saturated carbocycles. The van der Waals surface area contributed by atoms with Crippen LogP contribution in [0.25, 0.3) is 58.8 Å². The zero-order valence-electron chi connectivity index (χ0n) is 22.8. The first-order valence-electron chi connectivity index (χ1n) is 14.2. The Bertz CT molecular complexity index is 2190. The summed E-state index contributed by atoms with van der Waals surface area (Å²) < 4.78 is 5.05. The van der Waals surface area contributed by atoms with Gasteiger partial charge in [0.05, 0.1) is 27.1 Å². The van der Waals surface area contributed by atoms with E-state index in [0.717, 1.165) is 6.54 Å². The van der Waals surface area contributed by atoms with E-state index in [9.17, 15) is 0 Å². The van der Waals surface area contributed by atoms with Gasteiger partial charge in [0.15, 0.2) is 0 Å². The van der Waals surface area contributed by atoms with Crippen LogP contribution in [0.1, 0.15) is 6.92 Å². The Kier molecular flexibility index (Phi) is 5.65. The number of benzene rings is 6. The number of aromatic nitrogens is 1. The molecule has 0 aliphatic carbocycles. The Hall–Kier alpha value is -4.86. The fourth-order valence-corrected chi connectivity index (χ4v) is 7.56. The summed E-state index contributed by atoms with van der Waals surface area (Å²) in [5.41, 5.74) is 8.60. The molecule has 0 amide bonds. The topological polar surface area (TPSA) is 8.17 Å². The van der Waals surface area contributed by atoms with Crippen molar-refractivity contribution in [2.45, 2.75) is 6.92 Å². The Labute approximate surface area is 243 Å². The van der Waals surface area contributed by atoms with Gasteiger partial charge in [0.2, 0.25) is 0 Å². The summed E-state index contributed by atoms with van der Waals surface area (Å²) in [7, 11) is 0. The van der Waals surface area contributed by atoms with Gasteiger partial charge in [-0.1, -0.05) is 91.0 Å². The van der Waals surface area contributed by atoms with Crippen LogP contribution in [0, 0.1) is 0 Å². The summed E-state index contributed by atoms with van der Waals surface area (Å²) in [5, 5.41) is 5.20. The van der Waals surface area contributed by atoms with E-state index in [1.54, 1.807) is 0 Å². The van der Waals surface area contributed by atoms with Gasteiger partial charge in [0.1, 0.15) is 0 Å². The molecule has 0 aliphatic rings. The van der Waals surface area contributed by atoms with Crippen molar-refractivity contribution in [2.75, 3.05) is 11.4 Å². The van der Waals surface area contributed by atoms with Crippen molar-refractivity contribution >= 4 is 64.7 Å². The smallest absolute Gasteiger partial charge is 0.0598 e. The van der Waals surface area contributed by atoms with E-state index in [1.165, 1.54) is 70.2 Å². The van der Waals surface area contributed by atoms with Gasteiger partial charge in [-0.2, -0.15) is 0 Å². The third-order valence-corrected chi connectivity index (χ3v) is 9.36. The van der Waals surface area contributed by atoms with Gasteiger partial charge < -0.3 is 9.47 Å². The molecule has 196 valence electrons. The lowest BCUT2D eigenvalue weighted by Gasteiger charge is -2.26. The van der Waals surface area contributed by atoms with Crippen LogP contribution in [0.15, 0.2) is 140 Å². The summed E-state index contributed by atoms with van der Waals surface area (Å²) in [5.74, 6) is 0. The highest BCUT2D eigenvalue weighted by Gasteiger charge is 2.22. The van der Waals surface area contributed by atoms with Crippen LogP contribution in [0.3, 0.4) is 0 Å². The van der Waals surface area contributed by atoms with Crippen LogP contribution in [-0.2, 0) is 0 Å². The second kappa shape index (κ2) is 9.65. The minimum Gasteiger partial charge on any atom is -0.340 e. The maximum atomic E-state index is 2.52. The van der Waals surface area contributed by atoms with Crippen molar-refractivity contribution in [3.63, 3.8) is 0 Å². The van der Waals surface area contributed by atoms with E-state index in [4.69, 9.17) is 0 Å². The van der Waals surface area contributed by atoms with E-state index < -0.39 is 0 Å². The lowest BCUT2D eigenvalue weighted by Crippen LogP contribution is -2.16. The van der Waals surface area contributed by atoms with Gasteiger partial charge in [-0.05, 0) is 66.6 Å². The highest BCUT2D eigenvalue weighted by atomic mass is 32.1. The average Bonchev–Trinajstić information content (AvgIpc) is 3.59. The van der Waals surface area contributed by atoms with E-state index in [0.29, 0.717) is 0 Å². The number of rotatable bonds is 5. The minimum absolute atomic E-state index is 0.853. The Balaban J connectivity index is 1.45. The summed E-state index contributed by atoms with van der Waals surface area (Å²) >= 11 is 1.89. The number of thiophene rings is 1. The van der Waals surface area contributed by atoms with Crippen LogP contribution >= 0.6 is 11.3 Å². The van der Waals surface area contributed by atoms with Gasteiger partial charge in [0.25, 0.3) is 0 Å². The van der Waals surface area contributed by atoms with E-state index in [2.05, 4.69) is 156 Å². The molecule has 6 aromatic carbocycles. The summed E-state index contributed by atoms with van der Waals surface area (Å²) in [6.07, 6.45) is 0. The Morgan fingerprint density at radius 2 is 1.24 bits per heavy atom. The normalized spacial score (nSPS) is 11.6. The molecule has 0 bridgehead atoms. The highest BCUT2D eigenvalue weighted by Crippen LogP contribution is 2.46. The average molecular weight is 545 g/mol. The quantitative estimate of drug-likeness (QED) is 0.209. The first-order chi connectivity index (χ1) is 20.3. The largest absolute Gasteiger partial charge is 0.340 e. The summed E-state index contributed by atoms with van der Waals surface area (Å²) in [4.78, 5) is 2.52. The Morgan fingerprint density at radius 1 is 0.561 bits per heavy atom. The van der Waals surface area contributed by atoms with E-state index in [1.807, 2.05) is 11.3 Å². The third kappa shape index (κ3) is 3.77. The number of fused-ring (bicyclic) bond motifs is 6. The number of hydrogen-bond acceptors (Lipinski definition) is 2. The van der Waals surface area contributed by atoms with Crippen LogP contribution in [0.2, 0.25) is 0 Å². The number of para-hydroxylation sites is 2. The molecule has 8 aromatic rings. The minimum atomic E-state index is 0.853. The first kappa shape index (κ1) is 24.0. The molecule has 0 fully saturated rings. The molecule has 0 N–H and O–H groups in total. The molecule has 0 aliphatic heterocycles. The molecule has 0 unspecified atom stereocenters. The molecule has 2 nitrogen and oxygen atoms in total. The SMILES string of the molecule is CCN(c1cc(-c2ccccc2)cc2c1sc1ccccc12)c1cccc2c1c1ccccc1n2-c1ccccc1. The highest BCUT2D eigenvalue weighted by molar-refractivity contribution is 7.26. The fraction of sp³-hybridized carbons (Fsp3) is 0.0526. The van der Waals surface area contributed by atoms with Gasteiger partial charge in [-0.15, -0.1) is 11.3 Å². The van der Waals surface area contributed by atoms with Crippen LogP contribution < -0.4 is 4.90 Å². The zero-order valence-corrected chi connectivity index (χ0v) is 23.6. The molecule has 3 heteroatoms. The van der Waals surface area contributed by atoms with Crippen molar-refractivity contribution in [1.82, 2.24) is 4.57 Å². The van der Waals surface area contributed by atoms with Crippen LogP contribution in [0.5, 0.6) is 0 Å². The standard InChI is InChI=1S/C38H28N2S/c1-2-39(33-21-13-22-34-37(33)30-19-9-11-20-32(30)40(34)28-16-7-4-8-17-28)35-25-27(26-14-5-3-6-15-26)24-31-29-18-10-12-23-36(29)41-38(31)35/h3-25H,2H2,1H3. The molecule has 8 rings (SSSR count). The molecule has 2 aromatic heterocycles. The number of anilines is 2. The zero-order chi connectivity index (χ0) is 27.3. The molecule has 0 atom stereocenters. The van der Waals surface area contributed by atoms with Gasteiger partial charge in [0, 0.05) is 38.5 Å². The van der Waals surface area contributed by atoms with Crippen molar-refractivity contribution in [3.05, 3.63) is 140 Å². The molecular weight excluding hydrogens is 516 g/mol. The predicted molar refractivity (Wildman–Crippen MR) is 178 cm³/mol. The van der Waals surface area contributed by atoms with Gasteiger partial charge in [-0.3, -0.25) is 0 Å². The molecule has 0 radical (unpaired) electrons. The second-order valence-corrected chi connectivity index (χ2v) is 11.5. The van der Waals surface area contributed by atoms with E-state index in [-0.39, 0.29) is 0 Å². The molecule has 0 spiro atoms. The summed E-state index contributed by atoms with van der Waals surface area (Å²) in [6, 6.07) is 50.6. The third-order valence-electron chi connectivity index (χ3n) is 8.15. The summed E-state index contributed by atoms with van der Waals surface area (Å²) in [6.45, 7) is 3.12.